The molecule has 0 aromatic heterocycles. The summed E-state index contributed by atoms with van der Waals surface area (Å²) in [6, 6.07) is 11.8. The Morgan fingerprint density at radius 1 is 1.20 bits per heavy atom. The van der Waals surface area contributed by atoms with Crippen molar-refractivity contribution in [2.24, 2.45) is 0 Å². The predicted molar refractivity (Wildman–Crippen MR) is 109 cm³/mol. The molecular weight excluding hydrogens is 448 g/mol. The van der Waals surface area contributed by atoms with Crippen LogP contribution < -0.4 is 15.0 Å². The van der Waals surface area contributed by atoms with E-state index in [-0.39, 0.29) is 12.5 Å². The molecule has 1 saturated heterocycles. The Morgan fingerprint density at radius 2 is 1.92 bits per heavy atom. The standard InChI is InChI=1S/C19H20Br2N2O2/c1-13-10-14(20)11-15(21)19(13)25-12-18(24)22-16-6-2-3-7-17(16)23-8-4-5-9-23/h2-3,6-7,10-11H,4-5,8-9,12H2,1H3,(H,22,24). The van der Waals surface area contributed by atoms with Crippen molar-refractivity contribution < 1.29 is 9.53 Å². The molecule has 0 bridgehead atoms. The van der Waals surface area contributed by atoms with Gasteiger partial charge in [0.2, 0.25) is 0 Å². The first kappa shape index (κ1) is 18.3. The second kappa shape index (κ2) is 8.23. The molecule has 6 heteroatoms. The molecule has 1 N–H and O–H groups in total. The molecule has 2 aromatic rings. The number of hydrogen-bond acceptors (Lipinski definition) is 3. The van der Waals surface area contributed by atoms with E-state index in [1.165, 1.54) is 12.8 Å². The molecule has 1 amide bonds. The Kier molecular flexibility index (Phi) is 6.02. The number of benzene rings is 2. The minimum atomic E-state index is -0.166. The molecule has 132 valence electrons. The molecule has 0 atom stereocenters. The van der Waals surface area contributed by atoms with Gasteiger partial charge in [-0.3, -0.25) is 4.79 Å². The molecule has 2 aromatic carbocycles. The lowest BCUT2D eigenvalue weighted by atomic mass is 10.2. The molecule has 0 aliphatic carbocycles. The van der Waals surface area contributed by atoms with E-state index in [9.17, 15) is 4.79 Å². The number of rotatable bonds is 5. The van der Waals surface area contributed by atoms with E-state index in [1.54, 1.807) is 0 Å². The van der Waals surface area contributed by atoms with Crippen LogP contribution in [0.3, 0.4) is 0 Å². The van der Waals surface area contributed by atoms with Crippen LogP contribution in [0.25, 0.3) is 0 Å². The van der Waals surface area contributed by atoms with Crippen LogP contribution >= 0.6 is 31.9 Å². The zero-order chi connectivity index (χ0) is 17.8. The third-order valence-corrected chi connectivity index (χ3v) is 5.21. The second-order valence-corrected chi connectivity index (χ2v) is 7.85. The smallest absolute Gasteiger partial charge is 0.262 e. The number of carbonyl (C=O) groups is 1. The minimum absolute atomic E-state index is 0.0323. The Morgan fingerprint density at radius 3 is 2.64 bits per heavy atom. The fourth-order valence-corrected chi connectivity index (χ4v) is 4.56. The maximum absolute atomic E-state index is 12.4. The zero-order valence-electron chi connectivity index (χ0n) is 14.0. The van der Waals surface area contributed by atoms with Crippen LogP contribution in [-0.4, -0.2) is 25.6 Å². The van der Waals surface area contributed by atoms with Crippen LogP contribution in [-0.2, 0) is 4.79 Å². The van der Waals surface area contributed by atoms with Crippen molar-refractivity contribution in [1.82, 2.24) is 0 Å². The Bertz CT molecular complexity index is 751. The monoisotopic (exact) mass is 466 g/mol. The summed E-state index contributed by atoms with van der Waals surface area (Å²) in [6.07, 6.45) is 2.39. The first-order valence-corrected chi connectivity index (χ1v) is 9.85. The van der Waals surface area contributed by atoms with E-state index >= 15 is 0 Å². The summed E-state index contributed by atoms with van der Waals surface area (Å²) < 4.78 is 7.52. The number of carbonyl (C=O) groups excluding carboxylic acids is 1. The van der Waals surface area contributed by atoms with Gasteiger partial charge in [0.1, 0.15) is 5.75 Å². The largest absolute Gasteiger partial charge is 0.482 e. The van der Waals surface area contributed by atoms with Gasteiger partial charge in [0.25, 0.3) is 5.91 Å². The topological polar surface area (TPSA) is 41.6 Å². The molecule has 4 nitrogen and oxygen atoms in total. The normalized spacial score (nSPS) is 13.8. The molecule has 3 rings (SSSR count). The van der Waals surface area contributed by atoms with Crippen molar-refractivity contribution >= 4 is 49.1 Å². The first-order chi connectivity index (χ1) is 12.0. The van der Waals surface area contributed by atoms with Gasteiger partial charge in [0.15, 0.2) is 6.61 Å². The van der Waals surface area contributed by atoms with Gasteiger partial charge in [0.05, 0.1) is 15.8 Å². The van der Waals surface area contributed by atoms with Gasteiger partial charge >= 0.3 is 0 Å². The number of amides is 1. The van der Waals surface area contributed by atoms with Gasteiger partial charge in [0, 0.05) is 17.6 Å². The molecule has 0 saturated carbocycles. The summed E-state index contributed by atoms with van der Waals surface area (Å²) in [6.45, 7) is 3.99. The number of hydrogen-bond donors (Lipinski definition) is 1. The maximum atomic E-state index is 12.4. The van der Waals surface area contributed by atoms with Crippen LogP contribution in [0, 0.1) is 6.92 Å². The van der Waals surface area contributed by atoms with Crippen molar-refractivity contribution in [2.45, 2.75) is 19.8 Å². The maximum Gasteiger partial charge on any atom is 0.262 e. The number of aryl methyl sites for hydroxylation is 1. The summed E-state index contributed by atoms with van der Waals surface area (Å²) in [5.74, 6) is 0.520. The van der Waals surface area contributed by atoms with E-state index in [4.69, 9.17) is 4.74 Å². The van der Waals surface area contributed by atoms with E-state index in [0.717, 1.165) is 39.0 Å². The van der Waals surface area contributed by atoms with Crippen LogP contribution in [0.5, 0.6) is 5.75 Å². The molecule has 25 heavy (non-hydrogen) atoms. The molecular formula is C19H20Br2N2O2. The van der Waals surface area contributed by atoms with Crippen molar-refractivity contribution in [3.8, 4) is 5.75 Å². The first-order valence-electron chi connectivity index (χ1n) is 8.27. The third-order valence-electron chi connectivity index (χ3n) is 4.17. The second-order valence-electron chi connectivity index (χ2n) is 6.08. The van der Waals surface area contributed by atoms with Gasteiger partial charge in [-0.05, 0) is 65.5 Å². The molecule has 0 spiro atoms. The molecule has 1 fully saturated rings. The van der Waals surface area contributed by atoms with Crippen molar-refractivity contribution in [2.75, 3.05) is 29.9 Å². The van der Waals surface area contributed by atoms with E-state index in [0.29, 0.717) is 5.75 Å². The highest BCUT2D eigenvalue weighted by Crippen LogP contribution is 2.32. The molecule has 0 unspecified atom stereocenters. The molecule has 1 aliphatic heterocycles. The van der Waals surface area contributed by atoms with E-state index in [2.05, 4.69) is 48.1 Å². The quantitative estimate of drug-likeness (QED) is 0.662. The lowest BCUT2D eigenvalue weighted by Crippen LogP contribution is -2.24. The summed E-state index contributed by atoms with van der Waals surface area (Å²) >= 11 is 6.92. The van der Waals surface area contributed by atoms with Gasteiger partial charge in [-0.2, -0.15) is 0 Å². The lowest BCUT2D eigenvalue weighted by molar-refractivity contribution is -0.118. The van der Waals surface area contributed by atoms with Crippen LogP contribution in [0.4, 0.5) is 11.4 Å². The Labute approximate surface area is 164 Å². The Balaban J connectivity index is 1.66. The highest BCUT2D eigenvalue weighted by Gasteiger charge is 2.17. The van der Waals surface area contributed by atoms with Crippen LogP contribution in [0.1, 0.15) is 18.4 Å². The summed E-state index contributed by atoms with van der Waals surface area (Å²) in [5.41, 5.74) is 2.88. The van der Waals surface area contributed by atoms with Crippen molar-refractivity contribution in [3.05, 3.63) is 50.9 Å². The zero-order valence-corrected chi connectivity index (χ0v) is 17.2. The van der Waals surface area contributed by atoms with Gasteiger partial charge in [-0.1, -0.05) is 28.1 Å². The number of para-hydroxylation sites is 2. The van der Waals surface area contributed by atoms with Gasteiger partial charge in [-0.15, -0.1) is 0 Å². The average molecular weight is 468 g/mol. The number of nitrogens with zero attached hydrogens (tertiary/aromatic N) is 1. The number of halogens is 2. The predicted octanol–water partition coefficient (Wildman–Crippen LogP) is 5.14. The molecule has 1 heterocycles. The highest BCUT2D eigenvalue weighted by atomic mass is 79.9. The van der Waals surface area contributed by atoms with Crippen LogP contribution in [0.2, 0.25) is 0 Å². The summed E-state index contributed by atoms with van der Waals surface area (Å²) in [7, 11) is 0. The highest BCUT2D eigenvalue weighted by molar-refractivity contribution is 9.11. The number of nitrogens with one attached hydrogen (secondary N) is 1. The van der Waals surface area contributed by atoms with Crippen LogP contribution in [0.15, 0.2) is 45.3 Å². The van der Waals surface area contributed by atoms with Crippen molar-refractivity contribution in [1.29, 1.82) is 0 Å². The third kappa shape index (κ3) is 4.55. The summed E-state index contributed by atoms with van der Waals surface area (Å²) in [4.78, 5) is 14.7. The molecule has 0 radical (unpaired) electrons. The Hall–Kier alpha value is -1.53. The van der Waals surface area contributed by atoms with Gasteiger partial charge in [-0.25, -0.2) is 0 Å². The summed E-state index contributed by atoms with van der Waals surface area (Å²) in [5, 5.41) is 2.98. The van der Waals surface area contributed by atoms with Crippen molar-refractivity contribution in [3.63, 3.8) is 0 Å². The number of ether oxygens (including phenoxy) is 1. The van der Waals surface area contributed by atoms with E-state index < -0.39 is 0 Å². The number of anilines is 2. The minimum Gasteiger partial charge on any atom is -0.482 e. The average Bonchev–Trinajstić information content (AvgIpc) is 3.08. The fraction of sp³-hybridized carbons (Fsp3) is 0.316. The fourth-order valence-electron chi connectivity index (χ4n) is 3.01. The lowest BCUT2D eigenvalue weighted by Gasteiger charge is -2.21. The SMILES string of the molecule is Cc1cc(Br)cc(Br)c1OCC(=O)Nc1ccccc1N1CCCC1. The van der Waals surface area contributed by atoms with E-state index in [1.807, 2.05) is 37.3 Å². The molecule has 1 aliphatic rings. The van der Waals surface area contributed by atoms with Gasteiger partial charge < -0.3 is 15.0 Å².